The topological polar surface area (TPSA) is 63.0 Å². The number of nitrogens with zero attached hydrogens (tertiary/aromatic N) is 3. The van der Waals surface area contributed by atoms with E-state index in [1.165, 1.54) is 0 Å². The zero-order valence-electron chi connectivity index (χ0n) is 10.6. The molecule has 0 spiro atoms. The molecule has 16 heavy (non-hydrogen) atoms. The smallest absolute Gasteiger partial charge is 0.146 e. The van der Waals surface area contributed by atoms with Crippen molar-refractivity contribution in [1.29, 1.82) is 0 Å². The van der Waals surface area contributed by atoms with Gasteiger partial charge in [-0.25, -0.2) is 0 Å². The fourth-order valence-electron chi connectivity index (χ4n) is 1.53. The molecule has 2 N–H and O–H groups in total. The summed E-state index contributed by atoms with van der Waals surface area (Å²) in [5.74, 6) is 1.84. The van der Waals surface area contributed by atoms with Crippen LogP contribution in [0.3, 0.4) is 0 Å². The van der Waals surface area contributed by atoms with E-state index in [-0.39, 0.29) is 12.1 Å². The van der Waals surface area contributed by atoms with Gasteiger partial charge in [-0.05, 0) is 26.7 Å². The van der Waals surface area contributed by atoms with Crippen molar-refractivity contribution in [3.05, 3.63) is 11.6 Å². The van der Waals surface area contributed by atoms with Crippen molar-refractivity contribution < 1.29 is 5.11 Å². The van der Waals surface area contributed by atoms with Crippen LogP contribution in [0.4, 0.5) is 0 Å². The third kappa shape index (κ3) is 3.02. The lowest BCUT2D eigenvalue weighted by molar-refractivity contribution is 0.213. The van der Waals surface area contributed by atoms with Crippen LogP contribution in [-0.2, 0) is 13.6 Å². The Hall–Kier alpha value is -0.940. The van der Waals surface area contributed by atoms with Gasteiger partial charge < -0.3 is 15.0 Å². The average molecular weight is 226 g/mol. The highest BCUT2D eigenvalue weighted by Gasteiger charge is 2.21. The second-order valence-corrected chi connectivity index (χ2v) is 4.46. The number of rotatable bonds is 6. The molecule has 0 aliphatic rings. The maximum Gasteiger partial charge on any atom is 0.146 e. The first-order chi connectivity index (χ1) is 7.52. The monoisotopic (exact) mass is 226 g/mol. The van der Waals surface area contributed by atoms with Gasteiger partial charge in [0.1, 0.15) is 11.6 Å². The maximum absolute atomic E-state index is 9.02. The van der Waals surface area contributed by atoms with Crippen LogP contribution in [0.25, 0.3) is 0 Å². The Morgan fingerprint density at radius 2 is 2.12 bits per heavy atom. The standard InChI is InChI=1S/C11H22N4O/c1-5-11(3,6-7-16)12-8-10-14-13-9(2)15(10)4/h12,16H,5-8H2,1-4H3. The van der Waals surface area contributed by atoms with Gasteiger partial charge in [0.25, 0.3) is 0 Å². The van der Waals surface area contributed by atoms with Crippen molar-refractivity contribution in [3.63, 3.8) is 0 Å². The number of aliphatic hydroxyl groups excluding tert-OH is 1. The van der Waals surface area contributed by atoms with Crippen LogP contribution in [-0.4, -0.2) is 32.0 Å². The summed E-state index contributed by atoms with van der Waals surface area (Å²) in [4.78, 5) is 0. The zero-order valence-corrected chi connectivity index (χ0v) is 10.6. The fraction of sp³-hybridized carbons (Fsp3) is 0.818. The van der Waals surface area contributed by atoms with Crippen molar-refractivity contribution in [1.82, 2.24) is 20.1 Å². The van der Waals surface area contributed by atoms with Gasteiger partial charge in [-0.3, -0.25) is 0 Å². The summed E-state index contributed by atoms with van der Waals surface area (Å²) in [6, 6.07) is 0. The molecule has 0 saturated carbocycles. The molecule has 1 atom stereocenters. The lowest BCUT2D eigenvalue weighted by atomic mass is 9.95. The highest BCUT2D eigenvalue weighted by atomic mass is 16.3. The van der Waals surface area contributed by atoms with E-state index in [0.717, 1.165) is 24.5 Å². The first kappa shape index (κ1) is 13.1. The molecular weight excluding hydrogens is 204 g/mol. The highest BCUT2D eigenvalue weighted by molar-refractivity contribution is 4.94. The lowest BCUT2D eigenvalue weighted by Gasteiger charge is -2.28. The van der Waals surface area contributed by atoms with E-state index in [0.29, 0.717) is 6.54 Å². The number of aliphatic hydroxyl groups is 1. The molecule has 5 heteroatoms. The van der Waals surface area contributed by atoms with Crippen molar-refractivity contribution in [2.75, 3.05) is 6.61 Å². The maximum atomic E-state index is 9.02. The molecule has 0 bridgehead atoms. The minimum atomic E-state index is -0.0331. The van der Waals surface area contributed by atoms with Crippen LogP contribution in [0, 0.1) is 6.92 Å². The Kier molecular flexibility index (Phi) is 4.44. The molecular formula is C11H22N4O. The predicted molar refractivity (Wildman–Crippen MR) is 63.0 cm³/mol. The van der Waals surface area contributed by atoms with Crippen LogP contribution in [0.2, 0.25) is 0 Å². The second kappa shape index (κ2) is 5.41. The first-order valence-electron chi connectivity index (χ1n) is 5.73. The Bertz CT molecular complexity index is 337. The van der Waals surface area contributed by atoms with Crippen molar-refractivity contribution in [2.45, 2.75) is 45.7 Å². The van der Waals surface area contributed by atoms with Crippen LogP contribution in [0.1, 0.15) is 38.3 Å². The molecule has 1 unspecified atom stereocenters. The van der Waals surface area contributed by atoms with Crippen LogP contribution >= 0.6 is 0 Å². The van der Waals surface area contributed by atoms with Crippen molar-refractivity contribution >= 4 is 0 Å². The van der Waals surface area contributed by atoms with Gasteiger partial charge in [0.2, 0.25) is 0 Å². The van der Waals surface area contributed by atoms with E-state index in [4.69, 9.17) is 5.11 Å². The van der Waals surface area contributed by atoms with Gasteiger partial charge in [-0.15, -0.1) is 10.2 Å². The number of hydrogen-bond acceptors (Lipinski definition) is 4. The Morgan fingerprint density at radius 1 is 1.44 bits per heavy atom. The lowest BCUT2D eigenvalue weighted by Crippen LogP contribution is -2.42. The van der Waals surface area contributed by atoms with E-state index in [1.54, 1.807) is 0 Å². The highest BCUT2D eigenvalue weighted by Crippen LogP contribution is 2.14. The summed E-state index contributed by atoms with van der Waals surface area (Å²) in [6.45, 7) is 7.05. The Labute approximate surface area is 96.9 Å². The number of hydrogen-bond donors (Lipinski definition) is 2. The summed E-state index contributed by atoms with van der Waals surface area (Å²) >= 11 is 0. The normalized spacial score (nSPS) is 15.1. The van der Waals surface area contributed by atoms with E-state index in [1.807, 2.05) is 18.5 Å². The largest absolute Gasteiger partial charge is 0.396 e. The Morgan fingerprint density at radius 3 is 2.56 bits per heavy atom. The molecule has 0 aliphatic heterocycles. The third-order valence-corrected chi connectivity index (χ3v) is 3.30. The van der Waals surface area contributed by atoms with Gasteiger partial charge in [0.15, 0.2) is 0 Å². The average Bonchev–Trinajstić information content (AvgIpc) is 2.58. The van der Waals surface area contributed by atoms with Gasteiger partial charge in [-0.1, -0.05) is 6.92 Å². The van der Waals surface area contributed by atoms with Crippen molar-refractivity contribution in [3.8, 4) is 0 Å². The van der Waals surface area contributed by atoms with Gasteiger partial charge in [-0.2, -0.15) is 0 Å². The van der Waals surface area contributed by atoms with Crippen molar-refractivity contribution in [2.24, 2.45) is 7.05 Å². The summed E-state index contributed by atoms with van der Waals surface area (Å²) in [7, 11) is 1.96. The van der Waals surface area contributed by atoms with Crippen LogP contribution in [0.5, 0.6) is 0 Å². The van der Waals surface area contributed by atoms with Gasteiger partial charge in [0.05, 0.1) is 6.54 Å². The molecule has 0 radical (unpaired) electrons. The second-order valence-electron chi connectivity index (χ2n) is 4.46. The van der Waals surface area contributed by atoms with E-state index < -0.39 is 0 Å². The molecule has 0 saturated heterocycles. The molecule has 1 aromatic heterocycles. The Balaban J connectivity index is 2.59. The molecule has 1 heterocycles. The van der Waals surface area contributed by atoms with E-state index in [9.17, 15) is 0 Å². The number of aryl methyl sites for hydroxylation is 1. The van der Waals surface area contributed by atoms with E-state index >= 15 is 0 Å². The fourth-order valence-corrected chi connectivity index (χ4v) is 1.53. The zero-order chi connectivity index (χ0) is 12.2. The SMILES string of the molecule is CCC(C)(CCO)NCc1nnc(C)n1C. The minimum absolute atomic E-state index is 0.0331. The van der Waals surface area contributed by atoms with Gasteiger partial charge >= 0.3 is 0 Å². The minimum Gasteiger partial charge on any atom is -0.396 e. The first-order valence-corrected chi connectivity index (χ1v) is 5.73. The molecule has 0 amide bonds. The van der Waals surface area contributed by atoms with Crippen LogP contribution in [0.15, 0.2) is 0 Å². The number of nitrogens with one attached hydrogen (secondary N) is 1. The van der Waals surface area contributed by atoms with Crippen LogP contribution < -0.4 is 5.32 Å². The summed E-state index contributed by atoms with van der Waals surface area (Å²) in [5.41, 5.74) is -0.0331. The molecule has 5 nitrogen and oxygen atoms in total. The molecule has 0 aliphatic carbocycles. The quantitative estimate of drug-likeness (QED) is 0.752. The summed E-state index contributed by atoms with van der Waals surface area (Å²) in [5, 5.41) is 20.6. The summed E-state index contributed by atoms with van der Waals surface area (Å²) < 4.78 is 1.97. The van der Waals surface area contributed by atoms with E-state index in [2.05, 4.69) is 29.4 Å². The third-order valence-electron chi connectivity index (χ3n) is 3.30. The predicted octanol–water partition coefficient (Wildman–Crippen LogP) is 0.764. The molecule has 1 rings (SSSR count). The molecule has 92 valence electrons. The molecule has 0 aromatic carbocycles. The molecule has 1 aromatic rings. The molecule has 0 fully saturated rings. The number of aromatic nitrogens is 3. The summed E-state index contributed by atoms with van der Waals surface area (Å²) in [6.07, 6.45) is 1.73. The van der Waals surface area contributed by atoms with Gasteiger partial charge in [0, 0.05) is 19.2 Å².